The number of likely N-dealkylation sites (N-methyl/N-ethyl adjacent to an activating group) is 1. The molecule has 0 saturated heterocycles. The molecule has 7 nitrogen and oxygen atoms in total. The van der Waals surface area contributed by atoms with Gasteiger partial charge in [0.2, 0.25) is 11.8 Å². The minimum Gasteiger partial charge on any atom is -0.484 e. The van der Waals surface area contributed by atoms with Gasteiger partial charge in [-0.15, -0.1) is 10.2 Å². The molecule has 0 bridgehead atoms. The summed E-state index contributed by atoms with van der Waals surface area (Å²) < 4.78 is 10.8. The van der Waals surface area contributed by atoms with E-state index in [1.165, 1.54) is 0 Å². The maximum absolute atomic E-state index is 11.4. The zero-order chi connectivity index (χ0) is 15.9. The highest BCUT2D eigenvalue weighted by Crippen LogP contribution is 2.22. The Labute approximate surface area is 129 Å². The van der Waals surface area contributed by atoms with Crippen molar-refractivity contribution in [1.82, 2.24) is 15.5 Å². The molecule has 0 aliphatic heterocycles. The number of hydrogen-bond acceptors (Lipinski definition) is 6. The molecule has 2 N–H and O–H groups in total. The molecule has 1 amide bonds. The Morgan fingerprint density at radius 1 is 1.41 bits per heavy atom. The molecular formula is C15H20N4O3. The van der Waals surface area contributed by atoms with Crippen LogP contribution in [0.5, 0.6) is 5.75 Å². The third-order valence-electron chi connectivity index (χ3n) is 2.87. The number of anilines is 1. The fourth-order valence-electron chi connectivity index (χ4n) is 1.87. The van der Waals surface area contributed by atoms with E-state index in [1.807, 2.05) is 32.0 Å². The van der Waals surface area contributed by atoms with Gasteiger partial charge in [0.1, 0.15) is 11.8 Å². The van der Waals surface area contributed by atoms with Gasteiger partial charge >= 0.3 is 0 Å². The highest BCUT2D eigenvalue weighted by Gasteiger charge is 2.12. The molecule has 118 valence electrons. The lowest BCUT2D eigenvalue weighted by Gasteiger charge is -2.13. The lowest BCUT2D eigenvalue weighted by molar-refractivity contribution is -0.122. The molecule has 0 fully saturated rings. The van der Waals surface area contributed by atoms with Crippen LogP contribution in [0.1, 0.15) is 31.7 Å². The number of nitrogens with one attached hydrogen (secondary N) is 2. The monoisotopic (exact) mass is 304 g/mol. The number of rotatable bonds is 7. The lowest BCUT2D eigenvalue weighted by Crippen LogP contribution is -2.28. The molecule has 0 aliphatic rings. The fraction of sp³-hybridized carbons (Fsp3) is 0.400. The number of carbonyl (C=O) groups excluding carboxylic acids is 1. The third-order valence-corrected chi connectivity index (χ3v) is 2.87. The zero-order valence-corrected chi connectivity index (χ0v) is 12.9. The number of ether oxygens (including phenoxy) is 1. The predicted molar refractivity (Wildman–Crippen MR) is 81.7 cm³/mol. The second-order valence-corrected chi connectivity index (χ2v) is 4.80. The number of nitrogens with zero attached hydrogens (tertiary/aromatic N) is 2. The number of aryl methyl sites for hydroxylation is 1. The van der Waals surface area contributed by atoms with Gasteiger partial charge in [0.05, 0.1) is 0 Å². The third kappa shape index (κ3) is 4.47. The molecule has 0 radical (unpaired) electrons. The summed E-state index contributed by atoms with van der Waals surface area (Å²) in [6, 6.07) is 7.24. The summed E-state index contributed by atoms with van der Waals surface area (Å²) in [4.78, 5) is 11.4. The van der Waals surface area contributed by atoms with Gasteiger partial charge in [-0.25, -0.2) is 0 Å². The van der Waals surface area contributed by atoms with Crippen LogP contribution in [-0.2, 0) is 4.79 Å². The maximum Gasteiger partial charge on any atom is 0.257 e. The molecule has 22 heavy (non-hydrogen) atoms. The highest BCUT2D eigenvalue weighted by atomic mass is 16.5. The van der Waals surface area contributed by atoms with Crippen LogP contribution in [0.25, 0.3) is 0 Å². The molecule has 2 rings (SSSR count). The van der Waals surface area contributed by atoms with Gasteiger partial charge < -0.3 is 19.8 Å². The molecule has 0 saturated carbocycles. The Balaban J connectivity index is 1.94. The standard InChI is InChI=1S/C15H20N4O3/c1-4-16-14(20)9-21-13-7-5-6-12(8-13)17-10(2)15-19-18-11(3)22-15/h5-8,10,17H,4,9H2,1-3H3,(H,16,20). The van der Waals surface area contributed by atoms with Gasteiger partial charge in [0.25, 0.3) is 5.91 Å². The molecule has 1 aromatic heterocycles. The lowest BCUT2D eigenvalue weighted by atomic mass is 10.2. The van der Waals surface area contributed by atoms with Gasteiger partial charge in [0, 0.05) is 25.2 Å². The summed E-state index contributed by atoms with van der Waals surface area (Å²) in [5.74, 6) is 1.52. The molecule has 1 heterocycles. The van der Waals surface area contributed by atoms with Crippen molar-refractivity contribution in [2.24, 2.45) is 0 Å². The summed E-state index contributed by atoms with van der Waals surface area (Å²) in [5, 5.41) is 13.7. The van der Waals surface area contributed by atoms with Crippen molar-refractivity contribution in [3.05, 3.63) is 36.0 Å². The van der Waals surface area contributed by atoms with E-state index >= 15 is 0 Å². The number of aromatic nitrogens is 2. The molecule has 2 aromatic rings. The summed E-state index contributed by atoms with van der Waals surface area (Å²) in [6.07, 6.45) is 0. The van der Waals surface area contributed by atoms with Gasteiger partial charge in [0.15, 0.2) is 6.61 Å². The van der Waals surface area contributed by atoms with Crippen LogP contribution in [0, 0.1) is 6.92 Å². The smallest absolute Gasteiger partial charge is 0.257 e. The van der Waals surface area contributed by atoms with E-state index < -0.39 is 0 Å². The summed E-state index contributed by atoms with van der Waals surface area (Å²) in [6.45, 7) is 6.12. The Hall–Kier alpha value is -2.57. The highest BCUT2D eigenvalue weighted by molar-refractivity contribution is 5.77. The first kappa shape index (κ1) is 15.8. The van der Waals surface area contributed by atoms with Crippen molar-refractivity contribution in [3.63, 3.8) is 0 Å². The van der Waals surface area contributed by atoms with Crippen molar-refractivity contribution in [2.45, 2.75) is 26.8 Å². The first-order valence-corrected chi connectivity index (χ1v) is 7.14. The Kier molecular flexibility index (Phi) is 5.35. The van der Waals surface area contributed by atoms with Gasteiger partial charge in [-0.05, 0) is 26.0 Å². The van der Waals surface area contributed by atoms with E-state index in [2.05, 4.69) is 20.8 Å². The van der Waals surface area contributed by atoms with E-state index in [9.17, 15) is 4.79 Å². The Bertz CT molecular complexity index is 627. The number of benzene rings is 1. The molecule has 0 spiro atoms. The van der Waals surface area contributed by atoms with Crippen LogP contribution < -0.4 is 15.4 Å². The minimum absolute atomic E-state index is 0.00426. The molecule has 7 heteroatoms. The Morgan fingerprint density at radius 3 is 2.91 bits per heavy atom. The van der Waals surface area contributed by atoms with E-state index in [0.717, 1.165) is 5.69 Å². The van der Waals surface area contributed by atoms with Crippen LogP contribution in [0.4, 0.5) is 5.69 Å². The Morgan fingerprint density at radius 2 is 2.23 bits per heavy atom. The van der Waals surface area contributed by atoms with Crippen LogP contribution >= 0.6 is 0 Å². The number of amides is 1. The van der Waals surface area contributed by atoms with E-state index in [0.29, 0.717) is 24.1 Å². The molecule has 1 unspecified atom stereocenters. The van der Waals surface area contributed by atoms with Crippen molar-refractivity contribution in [1.29, 1.82) is 0 Å². The van der Waals surface area contributed by atoms with E-state index in [1.54, 1.807) is 13.0 Å². The van der Waals surface area contributed by atoms with Crippen molar-refractivity contribution in [2.75, 3.05) is 18.5 Å². The van der Waals surface area contributed by atoms with Crippen LogP contribution in [-0.4, -0.2) is 29.3 Å². The number of carbonyl (C=O) groups is 1. The SMILES string of the molecule is CCNC(=O)COc1cccc(NC(C)c2nnc(C)o2)c1. The predicted octanol–water partition coefficient (Wildman–Crippen LogP) is 2.07. The van der Waals surface area contributed by atoms with E-state index in [4.69, 9.17) is 9.15 Å². The van der Waals surface area contributed by atoms with Crippen LogP contribution in [0.2, 0.25) is 0 Å². The van der Waals surface area contributed by atoms with E-state index in [-0.39, 0.29) is 18.6 Å². The summed E-state index contributed by atoms with van der Waals surface area (Å²) in [7, 11) is 0. The average molecular weight is 304 g/mol. The van der Waals surface area contributed by atoms with Gasteiger partial charge in [-0.2, -0.15) is 0 Å². The quantitative estimate of drug-likeness (QED) is 0.814. The second kappa shape index (κ2) is 7.44. The molecule has 1 atom stereocenters. The molecule has 1 aromatic carbocycles. The average Bonchev–Trinajstić information content (AvgIpc) is 2.93. The number of hydrogen-bond donors (Lipinski definition) is 2. The largest absolute Gasteiger partial charge is 0.484 e. The summed E-state index contributed by atoms with van der Waals surface area (Å²) in [5.41, 5.74) is 0.844. The first-order valence-electron chi connectivity index (χ1n) is 7.14. The fourth-order valence-corrected chi connectivity index (χ4v) is 1.87. The first-order chi connectivity index (χ1) is 10.6. The topological polar surface area (TPSA) is 89.3 Å². The van der Waals surface area contributed by atoms with Crippen molar-refractivity contribution >= 4 is 11.6 Å². The molecule has 0 aliphatic carbocycles. The normalized spacial score (nSPS) is 11.8. The van der Waals surface area contributed by atoms with Gasteiger partial charge in [-0.3, -0.25) is 4.79 Å². The van der Waals surface area contributed by atoms with Crippen LogP contribution in [0.15, 0.2) is 28.7 Å². The maximum atomic E-state index is 11.4. The van der Waals surface area contributed by atoms with Gasteiger partial charge in [-0.1, -0.05) is 6.07 Å². The summed E-state index contributed by atoms with van der Waals surface area (Å²) >= 11 is 0. The minimum atomic E-state index is -0.143. The van der Waals surface area contributed by atoms with Crippen molar-refractivity contribution < 1.29 is 13.9 Å². The van der Waals surface area contributed by atoms with Crippen molar-refractivity contribution in [3.8, 4) is 5.75 Å². The zero-order valence-electron chi connectivity index (χ0n) is 12.9. The second-order valence-electron chi connectivity index (χ2n) is 4.80. The van der Waals surface area contributed by atoms with Crippen LogP contribution in [0.3, 0.4) is 0 Å². The molecular weight excluding hydrogens is 284 g/mol.